The van der Waals surface area contributed by atoms with E-state index in [1.807, 2.05) is 0 Å². The first-order valence-electron chi connectivity index (χ1n) is 0. The molecule has 0 unspecified atom stereocenters. The summed E-state index contributed by atoms with van der Waals surface area (Å²) in [5.74, 6) is 0. The molecule has 0 rings (SSSR count). The first-order chi connectivity index (χ1) is 0. The van der Waals surface area contributed by atoms with Gasteiger partial charge in [0.2, 0.25) is 0 Å². The molecular formula is Fe2Mo2O9. The van der Waals surface area contributed by atoms with E-state index in [9.17, 15) is 0 Å². The Morgan fingerprint density at radius 3 is 0.231 bits per heavy atom. The standard InChI is InChI=1S/2Fe.2Mo.9O/q2*+3;2*+6;9*-2. The van der Waals surface area contributed by atoms with E-state index < -0.39 is 0 Å². The number of hydrogen-bond acceptors (Lipinski definition) is 0. The maximum absolute atomic E-state index is 0. The second kappa shape index (κ2) is 567. The van der Waals surface area contributed by atoms with Crippen molar-refractivity contribution in [2.45, 2.75) is 0 Å². The van der Waals surface area contributed by atoms with Gasteiger partial charge < -0.3 is 49.3 Å². The second-order valence-electron chi connectivity index (χ2n) is 0. The maximum Gasteiger partial charge on any atom is 6.00 e. The van der Waals surface area contributed by atoms with Gasteiger partial charge in [-0.3, -0.25) is 0 Å². The average Bonchev–Trinajstić information content (AvgIpc) is 0. The molecule has 0 aromatic heterocycles. The normalized spacial score (nSPS) is 0. The van der Waals surface area contributed by atoms with E-state index in [1.165, 1.54) is 0 Å². The van der Waals surface area contributed by atoms with Crippen LogP contribution < -0.4 is 0 Å². The summed E-state index contributed by atoms with van der Waals surface area (Å²) >= 11 is 0. The van der Waals surface area contributed by atoms with E-state index in [0.29, 0.717) is 0 Å². The molecule has 0 saturated carbocycles. The quantitative estimate of drug-likeness (QED) is 0.401. The summed E-state index contributed by atoms with van der Waals surface area (Å²) in [4.78, 5) is 0. The zero-order chi connectivity index (χ0) is 0. The van der Waals surface area contributed by atoms with Crippen molar-refractivity contribution in [3.8, 4) is 0 Å². The minimum Gasteiger partial charge on any atom is -2.00 e. The van der Waals surface area contributed by atoms with Crippen molar-refractivity contribution >= 4 is 0 Å². The van der Waals surface area contributed by atoms with Crippen molar-refractivity contribution in [1.29, 1.82) is 0 Å². The Morgan fingerprint density at radius 2 is 0.231 bits per heavy atom. The first kappa shape index (κ1) is 704. The van der Waals surface area contributed by atoms with Crippen LogP contribution in [0.25, 0.3) is 0 Å². The predicted molar refractivity (Wildman–Crippen MR) is 6.18 cm³/mol. The van der Waals surface area contributed by atoms with Gasteiger partial charge in [0.15, 0.2) is 0 Å². The van der Waals surface area contributed by atoms with E-state index in [4.69, 9.17) is 0 Å². The molecule has 9 nitrogen and oxygen atoms in total. The predicted octanol–water partition coefficient (Wildman–Crippen LogP) is -1.08. The molecule has 0 fully saturated rings. The van der Waals surface area contributed by atoms with Crippen LogP contribution in [0.2, 0.25) is 0 Å². The van der Waals surface area contributed by atoms with Crippen molar-refractivity contribution in [3.05, 3.63) is 0 Å². The van der Waals surface area contributed by atoms with Crippen LogP contribution in [0.3, 0.4) is 0 Å². The van der Waals surface area contributed by atoms with Gasteiger partial charge in [-0.1, -0.05) is 0 Å². The molecule has 0 amide bonds. The van der Waals surface area contributed by atoms with Gasteiger partial charge >= 0.3 is 76.3 Å². The molecule has 0 spiro atoms. The largest absolute Gasteiger partial charge is 6.00 e. The summed E-state index contributed by atoms with van der Waals surface area (Å²) in [5, 5.41) is 0. The van der Waals surface area contributed by atoms with Crippen molar-refractivity contribution < 1.29 is 126 Å². The van der Waals surface area contributed by atoms with Crippen molar-refractivity contribution in [1.82, 2.24) is 0 Å². The Balaban J connectivity index is 0. The van der Waals surface area contributed by atoms with Crippen molar-refractivity contribution in [3.63, 3.8) is 0 Å². The van der Waals surface area contributed by atoms with Crippen molar-refractivity contribution in [2.24, 2.45) is 0 Å². The van der Waals surface area contributed by atoms with Gasteiger partial charge in [0.05, 0.1) is 0 Å². The fourth-order valence-electron chi connectivity index (χ4n) is 0. The number of hydrogen-bond donors (Lipinski definition) is 0. The average molecular weight is 448 g/mol. The Morgan fingerprint density at radius 1 is 0.231 bits per heavy atom. The van der Waals surface area contributed by atoms with E-state index in [1.54, 1.807) is 0 Å². The second-order valence-corrected chi connectivity index (χ2v) is 0. The van der Waals surface area contributed by atoms with Crippen LogP contribution in [0.4, 0.5) is 0 Å². The molecule has 13 heteroatoms. The van der Waals surface area contributed by atoms with Gasteiger partial charge in [0.25, 0.3) is 0 Å². The van der Waals surface area contributed by atoms with Crippen LogP contribution in [0.5, 0.6) is 0 Å². The van der Waals surface area contributed by atoms with Crippen LogP contribution in [-0.4, -0.2) is 0 Å². The Kier molecular flexibility index (Phi) is 30700. The van der Waals surface area contributed by atoms with Gasteiger partial charge in [-0.25, -0.2) is 0 Å². The number of rotatable bonds is 0. The molecule has 0 saturated heterocycles. The van der Waals surface area contributed by atoms with E-state index in [2.05, 4.69) is 0 Å². The fourth-order valence-corrected chi connectivity index (χ4v) is 0. The summed E-state index contributed by atoms with van der Waals surface area (Å²) in [5.41, 5.74) is 0. The molecule has 0 bridgehead atoms. The molecule has 0 aliphatic rings. The Hall–Kier alpha value is 2.06. The summed E-state index contributed by atoms with van der Waals surface area (Å²) in [6.07, 6.45) is 0. The molecule has 13 heavy (non-hydrogen) atoms. The van der Waals surface area contributed by atoms with Gasteiger partial charge in [-0.15, -0.1) is 0 Å². The SMILES string of the molecule is [Fe+3].[Fe+3].[Mo+6].[Mo+6].[O-2].[O-2].[O-2].[O-2].[O-2].[O-2].[O-2].[O-2].[O-2]. The molecular weight excluding hydrogens is 448 g/mol. The van der Waals surface area contributed by atoms with Crippen molar-refractivity contribution in [2.75, 3.05) is 0 Å². The summed E-state index contributed by atoms with van der Waals surface area (Å²) in [6, 6.07) is 0. The third kappa shape index (κ3) is 483. The van der Waals surface area contributed by atoms with Gasteiger partial charge in [-0.2, -0.15) is 0 Å². The van der Waals surface area contributed by atoms with E-state index in [-0.39, 0.29) is 126 Å². The fraction of sp³-hybridized carbons (Fsp3) is 0. The Labute approximate surface area is 125 Å². The smallest absolute Gasteiger partial charge is 2.00 e. The molecule has 0 aromatic carbocycles. The van der Waals surface area contributed by atoms with Gasteiger partial charge in [0, 0.05) is 0 Å². The van der Waals surface area contributed by atoms with Crippen LogP contribution >= 0.6 is 0 Å². The monoisotopic (exact) mass is 452 g/mol. The zero-order valence-corrected chi connectivity index (χ0v) is 11.4. The summed E-state index contributed by atoms with van der Waals surface area (Å²) in [6.45, 7) is 0. The summed E-state index contributed by atoms with van der Waals surface area (Å²) in [7, 11) is 0. The first-order valence-corrected chi connectivity index (χ1v) is 0. The molecule has 0 aromatic rings. The third-order valence-electron chi connectivity index (χ3n) is 0. The van der Waals surface area contributed by atoms with E-state index >= 15 is 0 Å². The molecule has 0 aliphatic heterocycles. The molecule has 0 N–H and O–H groups in total. The third-order valence-corrected chi connectivity index (χ3v) is 0. The summed E-state index contributed by atoms with van der Waals surface area (Å²) < 4.78 is 0. The van der Waals surface area contributed by atoms with Gasteiger partial charge in [0.1, 0.15) is 0 Å². The minimum atomic E-state index is 0. The van der Waals surface area contributed by atoms with Crippen LogP contribution in [-0.2, 0) is 126 Å². The maximum atomic E-state index is 0. The molecule has 2 radical (unpaired) electrons. The van der Waals surface area contributed by atoms with E-state index in [0.717, 1.165) is 0 Å². The molecule has 0 atom stereocenters. The zero-order valence-electron chi connectivity index (χ0n) is 5.20. The molecule has 82 valence electrons. The molecule has 0 heterocycles. The Bertz CT molecular complexity index is 15.6. The minimum absolute atomic E-state index is 0. The molecule has 0 aliphatic carbocycles. The van der Waals surface area contributed by atoms with Crippen LogP contribution in [0.15, 0.2) is 0 Å². The van der Waals surface area contributed by atoms with Gasteiger partial charge in [-0.05, 0) is 0 Å². The van der Waals surface area contributed by atoms with Crippen LogP contribution in [0.1, 0.15) is 0 Å². The topological polar surface area (TPSA) is 256 Å². The van der Waals surface area contributed by atoms with Crippen LogP contribution in [0, 0.1) is 0 Å².